The molecular formula is C27H42O2. The highest BCUT2D eigenvalue weighted by atomic mass is 16.4. The lowest BCUT2D eigenvalue weighted by Gasteiger charge is -2.42. The molecule has 3 rings (SSSR count). The zero-order chi connectivity index (χ0) is 20.6. The second-order valence-corrected chi connectivity index (χ2v) is 9.82. The molecule has 0 radical (unpaired) electrons. The van der Waals surface area contributed by atoms with Gasteiger partial charge in [0.25, 0.3) is 0 Å². The van der Waals surface area contributed by atoms with Gasteiger partial charge in [0.05, 0.1) is 5.56 Å². The van der Waals surface area contributed by atoms with E-state index in [0.29, 0.717) is 11.5 Å². The quantitative estimate of drug-likeness (QED) is 0.405. The molecule has 0 heterocycles. The van der Waals surface area contributed by atoms with Crippen molar-refractivity contribution in [3.63, 3.8) is 0 Å². The van der Waals surface area contributed by atoms with Crippen molar-refractivity contribution in [2.75, 3.05) is 0 Å². The highest BCUT2D eigenvalue weighted by Crippen LogP contribution is 2.49. The summed E-state index contributed by atoms with van der Waals surface area (Å²) in [5.74, 6) is 2.42. The number of aryl methyl sites for hydroxylation is 1. The van der Waals surface area contributed by atoms with Gasteiger partial charge in [0.1, 0.15) is 0 Å². The summed E-state index contributed by atoms with van der Waals surface area (Å²) < 4.78 is 0. The maximum Gasteiger partial charge on any atom is 0.335 e. The highest BCUT2D eigenvalue weighted by Gasteiger charge is 2.37. The molecule has 1 aromatic rings. The molecule has 162 valence electrons. The van der Waals surface area contributed by atoms with Gasteiger partial charge in [-0.15, -0.1) is 0 Å². The zero-order valence-electron chi connectivity index (χ0n) is 18.8. The van der Waals surface area contributed by atoms with E-state index in [0.717, 1.165) is 24.2 Å². The van der Waals surface area contributed by atoms with E-state index in [1.165, 1.54) is 94.6 Å². The Bertz CT molecular complexity index is 642. The summed E-state index contributed by atoms with van der Waals surface area (Å²) in [7, 11) is 0. The van der Waals surface area contributed by atoms with Crippen LogP contribution in [0, 0.1) is 17.8 Å². The number of carboxylic acid groups (broad SMARTS) is 1. The fourth-order valence-corrected chi connectivity index (χ4v) is 6.27. The van der Waals surface area contributed by atoms with E-state index in [-0.39, 0.29) is 0 Å². The maximum atomic E-state index is 11.5. The topological polar surface area (TPSA) is 37.3 Å². The number of hydrogen-bond acceptors (Lipinski definition) is 1. The average molecular weight is 399 g/mol. The van der Waals surface area contributed by atoms with Crippen molar-refractivity contribution >= 4 is 5.97 Å². The van der Waals surface area contributed by atoms with Crippen LogP contribution in [0.15, 0.2) is 18.2 Å². The van der Waals surface area contributed by atoms with Gasteiger partial charge < -0.3 is 5.11 Å². The molecule has 2 heteroatoms. The molecule has 0 saturated heterocycles. The normalized spacial score (nSPS) is 26.8. The minimum absolute atomic E-state index is 0.465. The van der Waals surface area contributed by atoms with E-state index in [1.54, 1.807) is 0 Å². The first-order valence-corrected chi connectivity index (χ1v) is 12.5. The van der Waals surface area contributed by atoms with Crippen LogP contribution in [0.2, 0.25) is 0 Å². The van der Waals surface area contributed by atoms with E-state index in [1.807, 2.05) is 12.1 Å². The van der Waals surface area contributed by atoms with Crippen LogP contribution in [0.4, 0.5) is 0 Å². The Kier molecular flexibility index (Phi) is 8.63. The Balaban J connectivity index is 1.73. The molecule has 2 unspecified atom stereocenters. The summed E-state index contributed by atoms with van der Waals surface area (Å²) in [6, 6.07) is 6.02. The van der Waals surface area contributed by atoms with E-state index in [4.69, 9.17) is 0 Å². The molecule has 0 aliphatic heterocycles. The molecule has 0 spiro atoms. The fraction of sp³-hybridized carbons (Fsp3) is 0.741. The first-order chi connectivity index (χ1) is 14.1. The first-order valence-electron chi connectivity index (χ1n) is 12.5. The lowest BCUT2D eigenvalue weighted by molar-refractivity contribution is 0.0696. The monoisotopic (exact) mass is 398 g/mol. The Morgan fingerprint density at radius 2 is 1.69 bits per heavy atom. The lowest BCUT2D eigenvalue weighted by atomic mass is 9.63. The molecule has 0 amide bonds. The number of fused-ring (bicyclic) bond motifs is 1. The molecule has 0 bridgehead atoms. The Morgan fingerprint density at radius 1 is 0.931 bits per heavy atom. The summed E-state index contributed by atoms with van der Waals surface area (Å²) in [6.07, 6.45) is 18.8. The summed E-state index contributed by atoms with van der Waals surface area (Å²) in [5, 5.41) is 9.42. The fourth-order valence-electron chi connectivity index (χ4n) is 6.27. The van der Waals surface area contributed by atoms with Crippen molar-refractivity contribution in [1.29, 1.82) is 0 Å². The Labute approximate surface area is 178 Å². The van der Waals surface area contributed by atoms with Gasteiger partial charge in [0, 0.05) is 0 Å². The maximum absolute atomic E-state index is 11.5. The molecule has 1 saturated carbocycles. The van der Waals surface area contributed by atoms with E-state index in [9.17, 15) is 9.90 Å². The van der Waals surface area contributed by atoms with Crippen molar-refractivity contribution in [3.8, 4) is 0 Å². The Hall–Kier alpha value is -1.31. The molecule has 2 atom stereocenters. The van der Waals surface area contributed by atoms with Crippen LogP contribution in [0.1, 0.15) is 125 Å². The van der Waals surface area contributed by atoms with Gasteiger partial charge in [0.2, 0.25) is 0 Å². The highest BCUT2D eigenvalue weighted by molar-refractivity contribution is 5.88. The van der Waals surface area contributed by atoms with Gasteiger partial charge in [0.15, 0.2) is 0 Å². The number of carbonyl (C=O) groups is 1. The van der Waals surface area contributed by atoms with Gasteiger partial charge >= 0.3 is 5.97 Å². The third-order valence-corrected chi connectivity index (χ3v) is 7.82. The molecule has 29 heavy (non-hydrogen) atoms. The Morgan fingerprint density at radius 3 is 2.38 bits per heavy atom. The van der Waals surface area contributed by atoms with Gasteiger partial charge in [-0.2, -0.15) is 0 Å². The van der Waals surface area contributed by atoms with Crippen LogP contribution in [0.3, 0.4) is 0 Å². The molecule has 1 aromatic carbocycles. The van der Waals surface area contributed by atoms with Crippen molar-refractivity contribution in [2.45, 2.75) is 110 Å². The van der Waals surface area contributed by atoms with Gasteiger partial charge in [-0.05, 0) is 79.0 Å². The summed E-state index contributed by atoms with van der Waals surface area (Å²) in [6.45, 7) is 4.60. The van der Waals surface area contributed by atoms with E-state index < -0.39 is 5.97 Å². The molecule has 1 N–H and O–H groups in total. The molecule has 0 aromatic heterocycles. The van der Waals surface area contributed by atoms with Crippen LogP contribution < -0.4 is 0 Å². The van der Waals surface area contributed by atoms with Crippen LogP contribution in [-0.2, 0) is 6.42 Å². The SMILES string of the molecule is CCCCCCCC1CCc2cc(C(=O)O)ccc2C1[C@H]1CC[C@H](CCC)CC1. The predicted octanol–water partition coefficient (Wildman–Crippen LogP) is 8.00. The average Bonchev–Trinajstić information content (AvgIpc) is 2.74. The van der Waals surface area contributed by atoms with Gasteiger partial charge in [-0.1, -0.05) is 77.7 Å². The van der Waals surface area contributed by atoms with Crippen molar-refractivity contribution in [1.82, 2.24) is 0 Å². The summed E-state index contributed by atoms with van der Waals surface area (Å²) >= 11 is 0. The smallest absolute Gasteiger partial charge is 0.335 e. The minimum Gasteiger partial charge on any atom is -0.478 e. The van der Waals surface area contributed by atoms with Gasteiger partial charge in [-0.25, -0.2) is 4.79 Å². The summed E-state index contributed by atoms with van der Waals surface area (Å²) in [4.78, 5) is 11.5. The predicted molar refractivity (Wildman–Crippen MR) is 122 cm³/mol. The molecular weight excluding hydrogens is 356 g/mol. The second-order valence-electron chi connectivity index (χ2n) is 9.82. The number of aromatic carboxylic acids is 1. The lowest BCUT2D eigenvalue weighted by Crippen LogP contribution is -2.30. The number of unbranched alkanes of at least 4 members (excludes halogenated alkanes) is 4. The third kappa shape index (κ3) is 5.86. The third-order valence-electron chi connectivity index (χ3n) is 7.82. The number of rotatable bonds is 10. The molecule has 2 nitrogen and oxygen atoms in total. The number of hydrogen-bond donors (Lipinski definition) is 1. The van der Waals surface area contributed by atoms with Crippen molar-refractivity contribution < 1.29 is 9.90 Å². The first kappa shape index (κ1) is 22.4. The minimum atomic E-state index is -0.789. The van der Waals surface area contributed by atoms with E-state index >= 15 is 0 Å². The largest absolute Gasteiger partial charge is 0.478 e. The van der Waals surface area contributed by atoms with Crippen LogP contribution >= 0.6 is 0 Å². The summed E-state index contributed by atoms with van der Waals surface area (Å²) in [5.41, 5.74) is 3.29. The van der Waals surface area contributed by atoms with Crippen molar-refractivity contribution in [3.05, 3.63) is 34.9 Å². The van der Waals surface area contributed by atoms with Crippen LogP contribution in [0.25, 0.3) is 0 Å². The van der Waals surface area contributed by atoms with E-state index in [2.05, 4.69) is 19.9 Å². The number of carboxylic acids is 1. The second kappa shape index (κ2) is 11.2. The van der Waals surface area contributed by atoms with Crippen LogP contribution in [-0.4, -0.2) is 11.1 Å². The van der Waals surface area contributed by atoms with Crippen molar-refractivity contribution in [2.24, 2.45) is 17.8 Å². The number of benzene rings is 1. The molecule has 1 fully saturated rings. The van der Waals surface area contributed by atoms with Crippen LogP contribution in [0.5, 0.6) is 0 Å². The standard InChI is InChI=1S/C27H42O2/c1-3-5-6-7-8-10-21-15-16-23-19-24(27(28)29)17-18-25(23)26(21)22-13-11-20(9-4-2)12-14-22/h17-22,26H,3-16H2,1-2H3,(H,28,29)/t20-,21?,22-,26?. The zero-order valence-corrected chi connectivity index (χ0v) is 18.8. The van der Waals surface area contributed by atoms with Gasteiger partial charge in [-0.3, -0.25) is 0 Å². The molecule has 2 aliphatic carbocycles. The molecule has 2 aliphatic rings.